The maximum Gasteiger partial charge on any atom is 0.320 e. The van der Waals surface area contributed by atoms with Gasteiger partial charge in [0.15, 0.2) is 0 Å². The number of aliphatic carboxylic acids is 1. The molecule has 1 rings (SSSR count). The average molecular weight is 260 g/mol. The van der Waals surface area contributed by atoms with E-state index in [1.165, 1.54) is 0 Å². The normalized spacial score (nSPS) is 19.1. The number of urea groups is 1. The number of carbonyl (C=O) groups excluding carboxylic acids is 1. The molecule has 1 atom stereocenters. The maximum atomic E-state index is 12.1. The lowest BCUT2D eigenvalue weighted by atomic mass is 10.2. The number of amides is 2. The fourth-order valence-electron chi connectivity index (χ4n) is 1.83. The maximum absolute atomic E-state index is 12.1. The Balaban J connectivity index is 2.49. The van der Waals surface area contributed by atoms with E-state index in [1.54, 1.807) is 9.80 Å². The van der Waals surface area contributed by atoms with Crippen LogP contribution in [0.2, 0.25) is 0 Å². The number of hydrogen-bond acceptors (Lipinski definition) is 3. The van der Waals surface area contributed by atoms with Crippen molar-refractivity contribution in [2.45, 2.75) is 25.8 Å². The Bertz CT molecular complexity index is 280. The van der Waals surface area contributed by atoms with Crippen molar-refractivity contribution in [1.82, 2.24) is 9.80 Å². The lowest BCUT2D eigenvalue weighted by molar-refractivity contribution is -0.137. The second kappa shape index (κ2) is 6.74. The van der Waals surface area contributed by atoms with E-state index in [9.17, 15) is 9.59 Å². The summed E-state index contributed by atoms with van der Waals surface area (Å²) < 4.78 is 0. The predicted molar refractivity (Wildman–Crippen MR) is 68.4 cm³/mol. The summed E-state index contributed by atoms with van der Waals surface area (Å²) in [6, 6.07) is 0.243. The lowest BCUT2D eigenvalue weighted by Gasteiger charge is -2.30. The van der Waals surface area contributed by atoms with Crippen LogP contribution in [0.5, 0.6) is 0 Å². The molecular weight excluding hydrogens is 240 g/mol. The Labute approximate surface area is 106 Å². The van der Waals surface area contributed by atoms with Crippen LogP contribution in [0.4, 0.5) is 4.79 Å². The van der Waals surface area contributed by atoms with Crippen LogP contribution >= 0.6 is 11.8 Å². The molecule has 0 aromatic heterocycles. The van der Waals surface area contributed by atoms with E-state index < -0.39 is 5.97 Å². The van der Waals surface area contributed by atoms with Crippen molar-refractivity contribution in [2.75, 3.05) is 31.6 Å². The van der Waals surface area contributed by atoms with Crippen molar-refractivity contribution in [1.29, 1.82) is 0 Å². The van der Waals surface area contributed by atoms with Crippen LogP contribution in [-0.4, -0.2) is 64.6 Å². The topological polar surface area (TPSA) is 60.9 Å². The van der Waals surface area contributed by atoms with Crippen LogP contribution in [0, 0.1) is 0 Å². The predicted octanol–water partition coefficient (Wildman–Crippen LogP) is 1.34. The second-order valence-corrected chi connectivity index (χ2v) is 5.28. The third-order valence-electron chi connectivity index (χ3n) is 3.00. The number of carboxylic acid groups (broad SMARTS) is 1. The van der Waals surface area contributed by atoms with E-state index >= 15 is 0 Å². The van der Waals surface area contributed by atoms with Crippen molar-refractivity contribution in [3.8, 4) is 0 Å². The van der Waals surface area contributed by atoms with Crippen LogP contribution in [0.25, 0.3) is 0 Å². The zero-order chi connectivity index (χ0) is 12.8. The molecule has 0 aromatic rings. The molecule has 0 aliphatic carbocycles. The molecule has 0 spiro atoms. The Morgan fingerprint density at radius 3 is 2.65 bits per heavy atom. The van der Waals surface area contributed by atoms with Crippen molar-refractivity contribution < 1.29 is 14.7 Å². The Morgan fingerprint density at radius 1 is 1.47 bits per heavy atom. The molecule has 5 nitrogen and oxygen atoms in total. The first kappa shape index (κ1) is 14.2. The third-order valence-corrected chi connectivity index (χ3v) is 4.15. The van der Waals surface area contributed by atoms with Gasteiger partial charge in [0.2, 0.25) is 0 Å². The third kappa shape index (κ3) is 4.11. The van der Waals surface area contributed by atoms with E-state index in [-0.39, 0.29) is 19.0 Å². The highest BCUT2D eigenvalue weighted by atomic mass is 32.2. The molecule has 0 bridgehead atoms. The molecule has 1 N–H and O–H groups in total. The quantitative estimate of drug-likeness (QED) is 0.810. The van der Waals surface area contributed by atoms with Crippen molar-refractivity contribution in [3.63, 3.8) is 0 Å². The van der Waals surface area contributed by atoms with Crippen LogP contribution in [0.15, 0.2) is 0 Å². The molecule has 0 saturated carbocycles. The summed E-state index contributed by atoms with van der Waals surface area (Å²) >= 11 is 1.86. The van der Waals surface area contributed by atoms with Gasteiger partial charge in [-0.1, -0.05) is 0 Å². The molecule has 2 amide bonds. The van der Waals surface area contributed by atoms with Crippen molar-refractivity contribution >= 4 is 23.8 Å². The van der Waals surface area contributed by atoms with Gasteiger partial charge in [-0.05, 0) is 19.1 Å². The zero-order valence-electron chi connectivity index (χ0n) is 10.4. The van der Waals surface area contributed by atoms with E-state index in [2.05, 4.69) is 0 Å². The minimum absolute atomic E-state index is 0.00678. The molecule has 1 aliphatic rings. The fraction of sp³-hybridized carbons (Fsp3) is 0.818. The van der Waals surface area contributed by atoms with Crippen LogP contribution in [0.1, 0.15) is 19.8 Å². The zero-order valence-corrected chi connectivity index (χ0v) is 11.2. The Kier molecular flexibility index (Phi) is 5.61. The van der Waals surface area contributed by atoms with E-state index in [4.69, 9.17) is 5.11 Å². The molecule has 1 fully saturated rings. The summed E-state index contributed by atoms with van der Waals surface area (Å²) in [5.74, 6) is 1.22. The largest absolute Gasteiger partial charge is 0.481 e. The first-order chi connectivity index (χ1) is 8.06. The first-order valence-electron chi connectivity index (χ1n) is 5.87. The van der Waals surface area contributed by atoms with E-state index in [0.717, 1.165) is 17.9 Å². The van der Waals surface area contributed by atoms with Gasteiger partial charge in [0.25, 0.3) is 0 Å². The van der Waals surface area contributed by atoms with Crippen molar-refractivity contribution in [2.24, 2.45) is 0 Å². The number of carbonyl (C=O) groups is 2. The monoisotopic (exact) mass is 260 g/mol. The summed E-state index contributed by atoms with van der Waals surface area (Å²) in [7, 11) is 1.81. The van der Waals surface area contributed by atoms with Crippen LogP contribution in [0.3, 0.4) is 0 Å². The number of thioether (sulfide) groups is 1. The number of carboxylic acids is 1. The highest BCUT2D eigenvalue weighted by molar-refractivity contribution is 7.99. The summed E-state index contributed by atoms with van der Waals surface area (Å²) in [6.07, 6.45) is 1.04. The number of nitrogens with zero attached hydrogens (tertiary/aromatic N) is 2. The molecule has 1 heterocycles. The van der Waals surface area contributed by atoms with E-state index in [0.29, 0.717) is 12.6 Å². The molecule has 0 aromatic carbocycles. The first-order valence-corrected chi connectivity index (χ1v) is 7.03. The molecular formula is C11H20N2O3S. The minimum Gasteiger partial charge on any atom is -0.481 e. The minimum atomic E-state index is -0.865. The summed E-state index contributed by atoms with van der Waals surface area (Å²) in [5.41, 5.74) is 0. The average Bonchev–Trinajstić information content (AvgIpc) is 2.81. The molecule has 0 radical (unpaired) electrons. The summed E-state index contributed by atoms with van der Waals surface area (Å²) in [4.78, 5) is 26.0. The van der Waals surface area contributed by atoms with Crippen LogP contribution < -0.4 is 0 Å². The summed E-state index contributed by atoms with van der Waals surface area (Å²) in [5, 5.41) is 8.63. The van der Waals surface area contributed by atoms with Crippen molar-refractivity contribution in [3.05, 3.63) is 0 Å². The van der Waals surface area contributed by atoms with Gasteiger partial charge in [0.05, 0.1) is 6.42 Å². The van der Waals surface area contributed by atoms with E-state index in [1.807, 2.05) is 25.7 Å². The molecule has 1 unspecified atom stereocenters. The van der Waals surface area contributed by atoms with Gasteiger partial charge in [-0.15, -0.1) is 0 Å². The second-order valence-electron chi connectivity index (χ2n) is 4.13. The standard InChI is InChI=1S/C11H20N2O3S/c1-3-13(6-4-10(14)15)11(16)12(2)9-5-7-17-8-9/h9H,3-8H2,1-2H3,(H,14,15). The molecule has 98 valence electrons. The molecule has 6 heteroatoms. The molecule has 1 aliphatic heterocycles. The lowest BCUT2D eigenvalue weighted by Crippen LogP contribution is -2.46. The van der Waals surface area contributed by atoms with Gasteiger partial charge in [-0.3, -0.25) is 4.79 Å². The van der Waals surface area contributed by atoms with Gasteiger partial charge >= 0.3 is 12.0 Å². The number of hydrogen-bond donors (Lipinski definition) is 1. The molecule has 17 heavy (non-hydrogen) atoms. The van der Waals surface area contributed by atoms with Gasteiger partial charge in [0.1, 0.15) is 0 Å². The van der Waals surface area contributed by atoms with Gasteiger partial charge in [-0.25, -0.2) is 4.79 Å². The van der Waals surface area contributed by atoms with Gasteiger partial charge < -0.3 is 14.9 Å². The SMILES string of the molecule is CCN(CCC(=O)O)C(=O)N(C)C1CCSC1. The Hall–Kier alpha value is -0.910. The fourth-order valence-corrected chi connectivity index (χ4v) is 3.09. The van der Waals surface area contributed by atoms with Gasteiger partial charge in [0, 0.05) is 31.9 Å². The molecule has 1 saturated heterocycles. The smallest absolute Gasteiger partial charge is 0.320 e. The highest BCUT2D eigenvalue weighted by Gasteiger charge is 2.26. The van der Waals surface area contributed by atoms with Gasteiger partial charge in [-0.2, -0.15) is 11.8 Å². The Morgan fingerprint density at radius 2 is 2.18 bits per heavy atom. The highest BCUT2D eigenvalue weighted by Crippen LogP contribution is 2.22. The summed E-state index contributed by atoms with van der Waals surface area (Å²) in [6.45, 7) is 2.71. The number of rotatable bonds is 5. The van der Waals surface area contributed by atoms with Crippen LogP contribution in [-0.2, 0) is 4.79 Å².